The maximum atomic E-state index is 5.65. The molecule has 0 aromatic rings. The van der Waals surface area contributed by atoms with Crippen molar-refractivity contribution in [3.8, 4) is 0 Å². The van der Waals surface area contributed by atoms with E-state index in [1.54, 1.807) is 14.2 Å². The van der Waals surface area contributed by atoms with Gasteiger partial charge in [-0.15, -0.1) is 0 Å². The van der Waals surface area contributed by atoms with Gasteiger partial charge in [0, 0.05) is 32.9 Å². The Labute approximate surface area is 75.4 Å². The lowest BCUT2D eigenvalue weighted by molar-refractivity contribution is 0.102. The van der Waals surface area contributed by atoms with Crippen molar-refractivity contribution in [3.63, 3.8) is 0 Å². The van der Waals surface area contributed by atoms with Crippen LogP contribution in [0.5, 0.6) is 0 Å². The van der Waals surface area contributed by atoms with Crippen molar-refractivity contribution in [2.45, 2.75) is 25.9 Å². The quantitative estimate of drug-likeness (QED) is 0.628. The summed E-state index contributed by atoms with van der Waals surface area (Å²) < 4.78 is 16.0. The van der Waals surface area contributed by atoms with E-state index in [1.807, 2.05) is 13.8 Å². The maximum Gasteiger partial charge on any atom is 0.501 e. The lowest BCUT2D eigenvalue weighted by Gasteiger charge is -2.26. The molecule has 0 aliphatic rings. The van der Waals surface area contributed by atoms with Crippen molar-refractivity contribution < 1.29 is 13.3 Å². The fourth-order valence-corrected chi connectivity index (χ4v) is 3.12. The molecule has 5 heteroatoms. The zero-order valence-electron chi connectivity index (χ0n) is 8.29. The summed E-state index contributed by atoms with van der Waals surface area (Å²) in [6.45, 7) is 4.43. The molecule has 2 N–H and O–H groups in total. The smallest absolute Gasteiger partial charge is 0.377 e. The van der Waals surface area contributed by atoms with Crippen LogP contribution in [0.2, 0.25) is 6.04 Å². The van der Waals surface area contributed by atoms with E-state index in [4.69, 9.17) is 19.0 Å². The van der Waals surface area contributed by atoms with Crippen LogP contribution >= 0.6 is 0 Å². The summed E-state index contributed by atoms with van der Waals surface area (Å²) in [7, 11) is 0.778. The van der Waals surface area contributed by atoms with Crippen molar-refractivity contribution in [1.29, 1.82) is 0 Å². The van der Waals surface area contributed by atoms with E-state index in [1.165, 1.54) is 0 Å². The Bertz CT molecular complexity index is 117. The highest BCUT2D eigenvalue weighted by Crippen LogP contribution is 2.14. The predicted molar refractivity (Wildman–Crippen MR) is 49.9 cm³/mol. The van der Waals surface area contributed by atoms with Gasteiger partial charge in [0.15, 0.2) is 0 Å². The van der Waals surface area contributed by atoms with E-state index in [0.717, 1.165) is 0 Å². The van der Waals surface area contributed by atoms with Crippen LogP contribution in [0.4, 0.5) is 0 Å². The minimum atomic E-state index is -2.43. The van der Waals surface area contributed by atoms with E-state index in [2.05, 4.69) is 0 Å². The number of nitrogens with two attached hydrogens (primary N) is 1. The summed E-state index contributed by atoms with van der Waals surface area (Å²) in [4.78, 5) is 0. The van der Waals surface area contributed by atoms with Gasteiger partial charge >= 0.3 is 8.80 Å². The molecule has 0 spiro atoms. The van der Waals surface area contributed by atoms with Crippen LogP contribution in [0.15, 0.2) is 0 Å². The topological polar surface area (TPSA) is 53.7 Å². The Morgan fingerprint density at radius 2 is 1.83 bits per heavy atom. The summed E-state index contributed by atoms with van der Waals surface area (Å²) in [6.07, 6.45) is 0. The van der Waals surface area contributed by atoms with Gasteiger partial charge in [-0.2, -0.15) is 0 Å². The Morgan fingerprint density at radius 3 is 2.08 bits per heavy atom. The first-order chi connectivity index (χ1) is 5.60. The van der Waals surface area contributed by atoms with Gasteiger partial charge in [0.05, 0.1) is 0 Å². The molecule has 0 saturated carbocycles. The van der Waals surface area contributed by atoms with Crippen molar-refractivity contribution in [1.82, 2.24) is 0 Å². The molecule has 0 amide bonds. The maximum absolute atomic E-state index is 5.65. The molecule has 0 saturated heterocycles. The molecule has 1 unspecified atom stereocenters. The van der Waals surface area contributed by atoms with Gasteiger partial charge in [-0.25, -0.2) is 0 Å². The van der Waals surface area contributed by atoms with Crippen LogP contribution in [0.25, 0.3) is 0 Å². The third-order valence-electron chi connectivity index (χ3n) is 1.56. The third kappa shape index (κ3) is 3.64. The van der Waals surface area contributed by atoms with Crippen molar-refractivity contribution >= 4 is 8.80 Å². The highest BCUT2D eigenvalue weighted by molar-refractivity contribution is 6.60. The van der Waals surface area contributed by atoms with E-state index in [9.17, 15) is 0 Å². The molecular weight excluding hydrogens is 174 g/mol. The monoisotopic (exact) mass is 193 g/mol. The van der Waals surface area contributed by atoms with Crippen LogP contribution < -0.4 is 5.73 Å². The predicted octanol–water partition coefficient (Wildman–Crippen LogP) is 0.602. The van der Waals surface area contributed by atoms with Gasteiger partial charge in [-0.3, -0.25) is 0 Å². The molecule has 74 valence electrons. The third-order valence-corrected chi connectivity index (χ3v) is 4.67. The number of hydrogen-bond donors (Lipinski definition) is 1. The summed E-state index contributed by atoms with van der Waals surface area (Å²) in [5.41, 5.74) is 5.65. The first-order valence-electron chi connectivity index (χ1n) is 4.10. The summed E-state index contributed by atoms with van der Waals surface area (Å²) >= 11 is 0. The van der Waals surface area contributed by atoms with Crippen LogP contribution in [-0.2, 0) is 13.3 Å². The minimum absolute atomic E-state index is 0.0446. The lowest BCUT2D eigenvalue weighted by Crippen LogP contribution is -2.47. The van der Waals surface area contributed by atoms with Gasteiger partial charge < -0.3 is 19.0 Å². The SMILES string of the molecule is CCO[Si](CC(C)N)(OC)OC. The fraction of sp³-hybridized carbons (Fsp3) is 1.00. The van der Waals surface area contributed by atoms with Crippen molar-refractivity contribution in [2.75, 3.05) is 20.8 Å². The Kier molecular flexibility index (Phi) is 5.69. The normalized spacial score (nSPS) is 14.8. The molecule has 0 aliphatic heterocycles. The van der Waals surface area contributed by atoms with Crippen LogP contribution in [0, 0.1) is 0 Å². The molecule has 0 bridgehead atoms. The van der Waals surface area contributed by atoms with Gasteiger partial charge in [0.25, 0.3) is 0 Å². The molecule has 0 aromatic heterocycles. The second-order valence-electron chi connectivity index (χ2n) is 2.71. The largest absolute Gasteiger partial charge is 0.501 e. The molecule has 0 fully saturated rings. The van der Waals surface area contributed by atoms with Crippen molar-refractivity contribution in [3.05, 3.63) is 0 Å². The fourth-order valence-electron chi connectivity index (χ4n) is 1.04. The molecule has 0 rings (SSSR count). The molecule has 12 heavy (non-hydrogen) atoms. The van der Waals surface area contributed by atoms with Gasteiger partial charge in [0.2, 0.25) is 0 Å². The van der Waals surface area contributed by atoms with Crippen LogP contribution in [-0.4, -0.2) is 35.7 Å². The van der Waals surface area contributed by atoms with Gasteiger partial charge in [-0.05, 0) is 13.8 Å². The average Bonchev–Trinajstić information content (AvgIpc) is 2.03. The van der Waals surface area contributed by atoms with Crippen molar-refractivity contribution in [2.24, 2.45) is 5.73 Å². The minimum Gasteiger partial charge on any atom is -0.377 e. The molecule has 0 aromatic carbocycles. The zero-order valence-corrected chi connectivity index (χ0v) is 9.29. The molecular formula is C7H19NO3Si. The number of rotatable bonds is 6. The van der Waals surface area contributed by atoms with E-state index >= 15 is 0 Å². The number of hydrogen-bond acceptors (Lipinski definition) is 4. The second-order valence-corrected chi connectivity index (χ2v) is 5.59. The molecule has 1 atom stereocenters. The summed E-state index contributed by atoms with van der Waals surface area (Å²) in [5, 5.41) is 0. The Hall–Kier alpha value is 0.0569. The van der Waals surface area contributed by atoms with E-state index in [0.29, 0.717) is 12.7 Å². The highest BCUT2D eigenvalue weighted by atomic mass is 28.4. The molecule has 0 aliphatic carbocycles. The van der Waals surface area contributed by atoms with Gasteiger partial charge in [-0.1, -0.05) is 0 Å². The first-order valence-corrected chi connectivity index (χ1v) is 6.03. The second kappa shape index (κ2) is 5.66. The summed E-state index contributed by atoms with van der Waals surface area (Å²) in [5.74, 6) is 0. The van der Waals surface area contributed by atoms with Crippen LogP contribution in [0.3, 0.4) is 0 Å². The summed E-state index contributed by atoms with van der Waals surface area (Å²) in [6, 6.07) is 0.705. The van der Waals surface area contributed by atoms with E-state index < -0.39 is 8.80 Å². The zero-order chi connectivity index (χ0) is 9.61. The molecule has 0 radical (unpaired) electrons. The lowest BCUT2D eigenvalue weighted by atomic mass is 10.4. The van der Waals surface area contributed by atoms with Crippen LogP contribution in [0.1, 0.15) is 13.8 Å². The van der Waals surface area contributed by atoms with Gasteiger partial charge in [0.1, 0.15) is 0 Å². The standard InChI is InChI=1S/C7H19NO3Si/c1-5-11-12(9-3,10-4)6-7(2)8/h7H,5-6,8H2,1-4H3. The average molecular weight is 193 g/mol. The highest BCUT2D eigenvalue weighted by Gasteiger charge is 2.39. The molecule has 4 nitrogen and oxygen atoms in total. The first kappa shape index (κ1) is 12.1. The Morgan fingerprint density at radius 1 is 1.33 bits per heavy atom. The Balaban J connectivity index is 4.13. The molecule has 0 heterocycles. The van der Waals surface area contributed by atoms with E-state index in [-0.39, 0.29) is 6.04 Å².